The van der Waals surface area contributed by atoms with Crippen LogP contribution in [0, 0.1) is 10.1 Å². The maximum absolute atomic E-state index is 10.6. The first-order valence-electron chi connectivity index (χ1n) is 5.56. The van der Waals surface area contributed by atoms with Crippen molar-refractivity contribution >= 4 is 21.7 Å². The minimum atomic E-state index is -0.539. The Morgan fingerprint density at radius 3 is 2.94 bits per heavy atom. The number of ether oxygens (including phenoxy) is 2. The second-order valence-corrected chi connectivity index (χ2v) is 5.27. The highest BCUT2D eigenvalue weighted by atomic mass is 79.9. The lowest BCUT2D eigenvalue weighted by molar-refractivity contribution is -0.389. The van der Waals surface area contributed by atoms with E-state index >= 15 is 0 Å². The molecule has 0 aliphatic carbocycles. The Labute approximate surface area is 112 Å². The molecule has 2 heterocycles. The van der Waals surface area contributed by atoms with Crippen LogP contribution in [0.3, 0.4) is 0 Å². The Morgan fingerprint density at radius 1 is 1.72 bits per heavy atom. The summed E-state index contributed by atoms with van der Waals surface area (Å²) >= 11 is 3.19. The number of rotatable bonds is 4. The van der Waals surface area contributed by atoms with E-state index in [9.17, 15) is 10.1 Å². The van der Waals surface area contributed by atoms with Crippen LogP contribution in [-0.2, 0) is 16.0 Å². The van der Waals surface area contributed by atoms with Gasteiger partial charge in [-0.05, 0) is 30.2 Å². The molecule has 2 rings (SSSR count). The third-order valence-electron chi connectivity index (χ3n) is 2.66. The van der Waals surface area contributed by atoms with Crippen LogP contribution in [0.2, 0.25) is 0 Å². The summed E-state index contributed by atoms with van der Waals surface area (Å²) in [5.41, 5.74) is 0. The summed E-state index contributed by atoms with van der Waals surface area (Å²) in [4.78, 5) is 13.9. The lowest BCUT2D eigenvalue weighted by Gasteiger charge is -2.17. The molecule has 0 bridgehead atoms. The summed E-state index contributed by atoms with van der Waals surface area (Å²) in [5.74, 6) is -0.700. The molecule has 18 heavy (non-hydrogen) atoms. The van der Waals surface area contributed by atoms with Crippen molar-refractivity contribution in [3.8, 4) is 0 Å². The third-order valence-corrected chi connectivity index (χ3v) is 3.29. The monoisotopic (exact) mass is 319 g/mol. The molecule has 1 aromatic heterocycles. The van der Waals surface area contributed by atoms with Gasteiger partial charge in [0.1, 0.15) is 6.20 Å². The van der Waals surface area contributed by atoms with Gasteiger partial charge in [0.2, 0.25) is 0 Å². The Balaban J connectivity index is 1.93. The van der Waals surface area contributed by atoms with Gasteiger partial charge in [-0.1, -0.05) is 0 Å². The first-order valence-corrected chi connectivity index (χ1v) is 6.35. The van der Waals surface area contributed by atoms with Crippen LogP contribution >= 0.6 is 15.9 Å². The van der Waals surface area contributed by atoms with Crippen LogP contribution in [0.25, 0.3) is 0 Å². The lowest BCUT2D eigenvalue weighted by Crippen LogP contribution is -2.22. The normalized spacial score (nSPS) is 22.3. The molecular formula is C10H14BrN3O4. The molecule has 0 spiro atoms. The van der Waals surface area contributed by atoms with Gasteiger partial charge in [0, 0.05) is 22.5 Å². The number of imidazole rings is 1. The zero-order valence-electron chi connectivity index (χ0n) is 10.1. The van der Waals surface area contributed by atoms with Crippen LogP contribution in [-0.4, -0.2) is 33.0 Å². The van der Waals surface area contributed by atoms with Crippen molar-refractivity contribution in [1.29, 1.82) is 0 Å². The molecule has 7 nitrogen and oxygen atoms in total. The minimum absolute atomic E-state index is 0.00774. The first-order chi connectivity index (χ1) is 8.37. The van der Waals surface area contributed by atoms with Crippen LogP contribution in [0.1, 0.15) is 20.3 Å². The van der Waals surface area contributed by atoms with Gasteiger partial charge in [-0.3, -0.25) is 4.57 Å². The standard InChI is InChI=1S/C10H14BrN3O4/c1-10(2)17-6-7(18-10)3-4-13-5-8(14(15)16)12-9(13)11/h5,7H,3-4,6H2,1-2H3/t7-/m0/s1. The summed E-state index contributed by atoms with van der Waals surface area (Å²) in [5, 5.41) is 10.6. The van der Waals surface area contributed by atoms with E-state index in [0.717, 1.165) is 6.42 Å². The zero-order chi connectivity index (χ0) is 13.3. The van der Waals surface area contributed by atoms with E-state index in [4.69, 9.17) is 9.47 Å². The molecule has 0 amide bonds. The number of hydrogen-bond acceptors (Lipinski definition) is 5. The molecule has 0 radical (unpaired) electrons. The van der Waals surface area contributed by atoms with Crippen molar-refractivity contribution in [2.75, 3.05) is 6.61 Å². The fourth-order valence-electron chi connectivity index (χ4n) is 1.81. The Hall–Kier alpha value is -0.990. The second kappa shape index (κ2) is 4.94. The minimum Gasteiger partial charge on any atom is -0.358 e. The molecule has 1 aliphatic rings. The predicted octanol–water partition coefficient (Wildman–Crippen LogP) is 2.10. The fraction of sp³-hybridized carbons (Fsp3) is 0.700. The molecule has 0 aromatic carbocycles. The highest BCUT2D eigenvalue weighted by Gasteiger charge is 2.32. The van der Waals surface area contributed by atoms with Gasteiger partial charge in [-0.25, -0.2) is 0 Å². The Morgan fingerprint density at radius 2 is 2.44 bits per heavy atom. The highest BCUT2D eigenvalue weighted by Crippen LogP contribution is 2.25. The molecule has 1 atom stereocenters. The number of hydrogen-bond donors (Lipinski definition) is 0. The van der Waals surface area contributed by atoms with E-state index in [-0.39, 0.29) is 11.9 Å². The van der Waals surface area contributed by atoms with E-state index in [1.54, 1.807) is 4.57 Å². The first kappa shape index (κ1) is 13.4. The molecule has 1 fully saturated rings. The van der Waals surface area contributed by atoms with Crippen molar-refractivity contribution < 1.29 is 14.4 Å². The molecule has 0 unspecified atom stereocenters. The number of nitrogens with zero attached hydrogens (tertiary/aromatic N) is 3. The van der Waals surface area contributed by atoms with E-state index in [0.29, 0.717) is 17.9 Å². The van der Waals surface area contributed by atoms with Gasteiger partial charge in [-0.15, -0.1) is 0 Å². The number of halogens is 1. The Kier molecular flexibility index (Phi) is 3.69. The second-order valence-electron chi connectivity index (χ2n) is 4.56. The lowest BCUT2D eigenvalue weighted by atomic mass is 10.2. The number of aryl methyl sites for hydroxylation is 1. The summed E-state index contributed by atoms with van der Waals surface area (Å²) in [7, 11) is 0. The molecule has 1 aromatic rings. The molecule has 8 heteroatoms. The molecule has 0 N–H and O–H groups in total. The van der Waals surface area contributed by atoms with Gasteiger partial charge < -0.3 is 19.6 Å². The van der Waals surface area contributed by atoms with E-state index in [1.165, 1.54) is 6.20 Å². The average molecular weight is 320 g/mol. The van der Waals surface area contributed by atoms with Gasteiger partial charge in [0.05, 0.1) is 12.7 Å². The van der Waals surface area contributed by atoms with Gasteiger partial charge in [0.25, 0.3) is 4.73 Å². The topological polar surface area (TPSA) is 79.4 Å². The highest BCUT2D eigenvalue weighted by molar-refractivity contribution is 9.10. The summed E-state index contributed by atoms with van der Waals surface area (Å²) < 4.78 is 13.2. The van der Waals surface area contributed by atoms with Gasteiger partial charge in [0.15, 0.2) is 5.79 Å². The maximum Gasteiger partial charge on any atom is 0.382 e. The van der Waals surface area contributed by atoms with Crippen LogP contribution < -0.4 is 0 Å². The van der Waals surface area contributed by atoms with Crippen LogP contribution in [0.5, 0.6) is 0 Å². The van der Waals surface area contributed by atoms with Crippen LogP contribution in [0.4, 0.5) is 5.82 Å². The molecule has 1 saturated heterocycles. The van der Waals surface area contributed by atoms with Gasteiger partial charge in [-0.2, -0.15) is 0 Å². The summed E-state index contributed by atoms with van der Waals surface area (Å²) in [6.45, 7) is 4.86. The molecule has 1 aliphatic heterocycles. The average Bonchev–Trinajstić information content (AvgIpc) is 2.79. The zero-order valence-corrected chi connectivity index (χ0v) is 11.7. The number of aromatic nitrogens is 2. The predicted molar refractivity (Wildman–Crippen MR) is 66.1 cm³/mol. The Bertz CT molecular complexity index is 460. The SMILES string of the molecule is CC1(C)OC[C@H](CCn2cc([N+](=O)[O-])nc2Br)O1. The van der Waals surface area contributed by atoms with Crippen molar-refractivity contribution in [2.24, 2.45) is 0 Å². The molecule has 0 saturated carbocycles. The fourth-order valence-corrected chi connectivity index (χ4v) is 2.27. The van der Waals surface area contributed by atoms with E-state index in [2.05, 4.69) is 20.9 Å². The van der Waals surface area contributed by atoms with E-state index < -0.39 is 10.7 Å². The van der Waals surface area contributed by atoms with E-state index in [1.807, 2.05) is 13.8 Å². The van der Waals surface area contributed by atoms with Crippen molar-refractivity contribution in [2.45, 2.75) is 38.7 Å². The van der Waals surface area contributed by atoms with Crippen molar-refractivity contribution in [3.05, 3.63) is 21.0 Å². The number of nitro groups is 1. The quantitative estimate of drug-likeness (QED) is 0.627. The maximum atomic E-state index is 10.6. The van der Waals surface area contributed by atoms with Crippen molar-refractivity contribution in [1.82, 2.24) is 9.55 Å². The third kappa shape index (κ3) is 3.06. The summed E-state index contributed by atoms with van der Waals surface area (Å²) in [6, 6.07) is 0. The largest absolute Gasteiger partial charge is 0.382 e. The van der Waals surface area contributed by atoms with Crippen molar-refractivity contribution in [3.63, 3.8) is 0 Å². The molecular weight excluding hydrogens is 306 g/mol. The summed E-state index contributed by atoms with van der Waals surface area (Å²) in [6.07, 6.45) is 2.13. The molecule has 100 valence electrons. The van der Waals surface area contributed by atoms with Crippen LogP contribution in [0.15, 0.2) is 10.9 Å². The van der Waals surface area contributed by atoms with Gasteiger partial charge >= 0.3 is 5.82 Å². The smallest absolute Gasteiger partial charge is 0.358 e.